The summed E-state index contributed by atoms with van der Waals surface area (Å²) in [6, 6.07) is 4.91. The molecule has 2 amide bonds. The highest BCUT2D eigenvalue weighted by Crippen LogP contribution is 2.34. The lowest BCUT2D eigenvalue weighted by Gasteiger charge is -2.44. The number of carbonyl (C=O) groups excluding carboxylic acids is 2. The van der Waals surface area contributed by atoms with Crippen LogP contribution in [0.3, 0.4) is 0 Å². The molecule has 0 N–H and O–H groups in total. The van der Waals surface area contributed by atoms with E-state index in [2.05, 4.69) is 29.9 Å². The van der Waals surface area contributed by atoms with E-state index in [0.717, 1.165) is 55.5 Å². The van der Waals surface area contributed by atoms with E-state index in [0.29, 0.717) is 29.1 Å². The third-order valence-electron chi connectivity index (χ3n) is 8.96. The van der Waals surface area contributed by atoms with Gasteiger partial charge in [0.1, 0.15) is 5.82 Å². The van der Waals surface area contributed by atoms with E-state index >= 15 is 0 Å². The summed E-state index contributed by atoms with van der Waals surface area (Å²) in [4.78, 5) is 35.6. The summed E-state index contributed by atoms with van der Waals surface area (Å²) < 4.78 is 16.4. The van der Waals surface area contributed by atoms with Crippen molar-refractivity contribution < 1.29 is 14.0 Å². The van der Waals surface area contributed by atoms with E-state index in [1.54, 1.807) is 24.9 Å². The zero-order valence-corrected chi connectivity index (χ0v) is 23.9. The largest absolute Gasteiger partial charge is 0.342 e. The molecule has 0 saturated carbocycles. The second-order valence-electron chi connectivity index (χ2n) is 11.8. The number of hydrogen-bond acceptors (Lipinski definition) is 4. The number of nitrogens with zero attached hydrogens (tertiary/aromatic N) is 5. The van der Waals surface area contributed by atoms with Crippen molar-refractivity contribution >= 4 is 22.7 Å². The van der Waals surface area contributed by atoms with E-state index < -0.39 is 5.82 Å². The van der Waals surface area contributed by atoms with Crippen LogP contribution in [0.5, 0.6) is 0 Å². The fraction of sp³-hybridized carbons (Fsp3) is 0.516. The number of rotatable bonds is 7. The van der Waals surface area contributed by atoms with Crippen molar-refractivity contribution in [3.05, 3.63) is 59.3 Å². The van der Waals surface area contributed by atoms with Crippen molar-refractivity contribution in [3.63, 3.8) is 0 Å². The number of fused-ring (bicyclic) bond motifs is 1. The maximum absolute atomic E-state index is 14.4. The summed E-state index contributed by atoms with van der Waals surface area (Å²) in [6.45, 7) is 13.7. The van der Waals surface area contributed by atoms with Crippen LogP contribution in [0.2, 0.25) is 0 Å². The Hall–Kier alpha value is -3.26. The van der Waals surface area contributed by atoms with Crippen molar-refractivity contribution in [2.24, 2.45) is 11.8 Å². The predicted molar refractivity (Wildman–Crippen MR) is 152 cm³/mol. The number of halogens is 1. The highest BCUT2D eigenvalue weighted by atomic mass is 19.1. The maximum Gasteiger partial charge on any atom is 0.256 e. The van der Waals surface area contributed by atoms with Crippen LogP contribution in [0.25, 0.3) is 16.6 Å². The minimum atomic E-state index is -0.428. The van der Waals surface area contributed by atoms with E-state index in [9.17, 15) is 14.0 Å². The number of benzene rings is 1. The van der Waals surface area contributed by atoms with Crippen LogP contribution in [0.1, 0.15) is 55.6 Å². The Morgan fingerprint density at radius 2 is 1.90 bits per heavy atom. The van der Waals surface area contributed by atoms with Gasteiger partial charge >= 0.3 is 0 Å². The second kappa shape index (κ2) is 10.7. The molecule has 2 atom stereocenters. The van der Waals surface area contributed by atoms with Gasteiger partial charge in [0.15, 0.2) is 0 Å². The summed E-state index contributed by atoms with van der Waals surface area (Å²) in [5, 5.41) is 1.16. The molecule has 2 aliphatic rings. The lowest BCUT2D eigenvalue weighted by atomic mass is 9.91. The molecule has 208 valence electrons. The monoisotopic (exact) mass is 533 g/mol. The molecule has 5 rings (SSSR count). The molecule has 2 saturated heterocycles. The highest BCUT2D eigenvalue weighted by molar-refractivity contribution is 5.99. The number of hydrogen-bond donors (Lipinski definition) is 0. The summed E-state index contributed by atoms with van der Waals surface area (Å²) in [6.07, 6.45) is 7.92. The molecule has 3 aromatic rings. The van der Waals surface area contributed by atoms with E-state index in [-0.39, 0.29) is 17.9 Å². The van der Waals surface area contributed by atoms with Gasteiger partial charge in [-0.15, -0.1) is 0 Å². The van der Waals surface area contributed by atoms with Crippen LogP contribution in [0.15, 0.2) is 36.8 Å². The summed E-state index contributed by atoms with van der Waals surface area (Å²) in [7, 11) is 1.75. The minimum absolute atomic E-state index is 0.00679. The van der Waals surface area contributed by atoms with Gasteiger partial charge in [0.25, 0.3) is 5.91 Å². The van der Waals surface area contributed by atoms with Crippen molar-refractivity contribution in [3.8, 4) is 5.69 Å². The lowest BCUT2D eigenvalue weighted by Crippen LogP contribution is -2.56. The molecule has 1 aromatic carbocycles. The van der Waals surface area contributed by atoms with E-state index in [1.807, 2.05) is 35.7 Å². The smallest absolute Gasteiger partial charge is 0.256 e. The Labute approximate surface area is 230 Å². The number of aryl methyl sites for hydroxylation is 1. The SMILES string of the molecule is CC(=O)N1CC([C@H](C)N2CC[C@@H](Cc3cn(-c4ccc(F)cc4C(=O)N(C)C(C)C)c4cncc(C)c34)C2)C1. The van der Waals surface area contributed by atoms with Crippen LogP contribution in [0.4, 0.5) is 4.39 Å². The van der Waals surface area contributed by atoms with Crippen LogP contribution < -0.4 is 0 Å². The van der Waals surface area contributed by atoms with Gasteiger partial charge < -0.3 is 14.4 Å². The van der Waals surface area contributed by atoms with Gasteiger partial charge in [-0.25, -0.2) is 4.39 Å². The lowest BCUT2D eigenvalue weighted by molar-refractivity contribution is -0.136. The van der Waals surface area contributed by atoms with Crippen LogP contribution in [0, 0.1) is 24.6 Å². The molecule has 2 aliphatic heterocycles. The number of amides is 2. The van der Waals surface area contributed by atoms with Gasteiger partial charge in [-0.2, -0.15) is 0 Å². The highest BCUT2D eigenvalue weighted by Gasteiger charge is 2.37. The first kappa shape index (κ1) is 27.3. The van der Waals surface area contributed by atoms with Crippen LogP contribution in [-0.4, -0.2) is 81.4 Å². The molecule has 7 nitrogen and oxygen atoms in total. The molecule has 0 spiro atoms. The summed E-state index contributed by atoms with van der Waals surface area (Å²) >= 11 is 0. The maximum atomic E-state index is 14.4. The predicted octanol–water partition coefficient (Wildman–Crippen LogP) is 4.68. The number of aromatic nitrogens is 2. The van der Waals surface area contributed by atoms with Crippen molar-refractivity contribution in [2.45, 2.75) is 59.5 Å². The summed E-state index contributed by atoms with van der Waals surface area (Å²) in [5.41, 5.74) is 4.27. The third kappa shape index (κ3) is 5.19. The Balaban J connectivity index is 1.42. The molecule has 0 unspecified atom stereocenters. The first-order valence-electron chi connectivity index (χ1n) is 14.1. The summed E-state index contributed by atoms with van der Waals surface area (Å²) in [5.74, 6) is 0.596. The molecule has 2 fully saturated rings. The third-order valence-corrected chi connectivity index (χ3v) is 8.96. The number of pyridine rings is 1. The van der Waals surface area contributed by atoms with Gasteiger partial charge in [0, 0.05) is 69.4 Å². The first-order chi connectivity index (χ1) is 18.5. The average molecular weight is 534 g/mol. The van der Waals surface area contributed by atoms with Gasteiger partial charge in [0.2, 0.25) is 5.91 Å². The Morgan fingerprint density at radius 3 is 2.59 bits per heavy atom. The normalized spacial score (nSPS) is 19.1. The quantitative estimate of drug-likeness (QED) is 0.442. The fourth-order valence-electron chi connectivity index (χ4n) is 6.19. The molecule has 2 aromatic heterocycles. The molecule has 0 radical (unpaired) electrons. The van der Waals surface area contributed by atoms with Gasteiger partial charge in [-0.05, 0) is 82.3 Å². The zero-order valence-electron chi connectivity index (χ0n) is 23.9. The van der Waals surface area contributed by atoms with Crippen molar-refractivity contribution in [2.75, 3.05) is 33.2 Å². The first-order valence-corrected chi connectivity index (χ1v) is 14.1. The molecular weight excluding hydrogens is 493 g/mol. The molecule has 8 heteroatoms. The Kier molecular flexibility index (Phi) is 7.51. The van der Waals surface area contributed by atoms with Crippen LogP contribution >= 0.6 is 0 Å². The standard InChI is InChI=1S/C31H40FN5O2/c1-19(2)34(6)31(39)27-12-26(32)7-8-28(27)37-18-24(30-20(3)13-33-14-29(30)37)11-23-9-10-35(15-23)21(4)25-16-36(17-25)22(5)38/h7-8,12-14,18-19,21,23,25H,9-11,15-17H2,1-6H3/t21-,23-/m0/s1. The molecule has 4 heterocycles. The van der Waals surface area contributed by atoms with Gasteiger partial charge in [0.05, 0.1) is 23.0 Å². The van der Waals surface area contributed by atoms with Crippen molar-refractivity contribution in [1.29, 1.82) is 0 Å². The average Bonchev–Trinajstić information content (AvgIpc) is 3.47. The number of likely N-dealkylation sites (tertiary alicyclic amines) is 2. The number of carbonyl (C=O) groups is 2. The molecular formula is C31H40FN5O2. The Bertz CT molecular complexity index is 1390. The van der Waals surface area contributed by atoms with E-state index in [4.69, 9.17) is 0 Å². The fourth-order valence-corrected chi connectivity index (χ4v) is 6.19. The zero-order chi connectivity index (χ0) is 28.0. The Morgan fingerprint density at radius 1 is 1.15 bits per heavy atom. The molecule has 0 aliphatic carbocycles. The topological polar surface area (TPSA) is 61.7 Å². The second-order valence-corrected chi connectivity index (χ2v) is 11.8. The van der Waals surface area contributed by atoms with Crippen molar-refractivity contribution in [1.82, 2.24) is 24.3 Å². The molecule has 39 heavy (non-hydrogen) atoms. The van der Waals surface area contributed by atoms with Gasteiger partial charge in [-0.3, -0.25) is 19.5 Å². The molecule has 0 bridgehead atoms. The van der Waals surface area contributed by atoms with Crippen LogP contribution in [-0.2, 0) is 11.2 Å². The minimum Gasteiger partial charge on any atom is -0.342 e. The van der Waals surface area contributed by atoms with E-state index in [1.165, 1.54) is 17.7 Å². The van der Waals surface area contributed by atoms with Gasteiger partial charge in [-0.1, -0.05) is 0 Å².